The van der Waals surface area contributed by atoms with E-state index in [1.807, 2.05) is 39.5 Å². The number of amides is 2. The molecule has 176 valence electrons. The molecule has 12 heteroatoms. The fraction of sp³-hybridized carbons (Fsp3) is 0.429. The number of hydrogen-bond acceptors (Lipinski definition) is 6. The third kappa shape index (κ3) is 6.05. The maximum atomic E-state index is 12.6. The molecule has 0 spiro atoms. The van der Waals surface area contributed by atoms with Crippen LogP contribution in [0.3, 0.4) is 0 Å². The third-order valence-corrected chi connectivity index (χ3v) is 5.39. The van der Waals surface area contributed by atoms with Crippen LogP contribution in [0.15, 0.2) is 30.9 Å². The summed E-state index contributed by atoms with van der Waals surface area (Å²) < 4.78 is 3.81. The molecule has 0 unspecified atom stereocenters. The molecule has 0 aromatic carbocycles. The molecule has 3 aromatic rings. The highest BCUT2D eigenvalue weighted by Crippen LogP contribution is 2.21. The average Bonchev–Trinajstić information content (AvgIpc) is 3.58. The van der Waals surface area contributed by atoms with Crippen molar-refractivity contribution in [3.63, 3.8) is 0 Å². The van der Waals surface area contributed by atoms with E-state index in [1.165, 1.54) is 0 Å². The van der Waals surface area contributed by atoms with E-state index in [0.717, 1.165) is 36.6 Å². The minimum atomic E-state index is -0.250. The van der Waals surface area contributed by atoms with Crippen molar-refractivity contribution in [1.29, 1.82) is 0 Å². The van der Waals surface area contributed by atoms with Gasteiger partial charge in [0.25, 0.3) is 12.4 Å². The molecule has 12 nitrogen and oxygen atoms in total. The molecule has 0 saturated heterocycles. The van der Waals surface area contributed by atoms with Gasteiger partial charge in [-0.3, -0.25) is 24.2 Å². The van der Waals surface area contributed by atoms with Crippen LogP contribution in [-0.2, 0) is 42.2 Å². The van der Waals surface area contributed by atoms with Gasteiger partial charge < -0.3 is 19.9 Å². The molecule has 3 aromatic heterocycles. The minimum Gasteiger partial charge on any atom is -0.483 e. The Labute approximate surface area is 190 Å². The molecule has 0 saturated carbocycles. The zero-order valence-electron chi connectivity index (χ0n) is 18.5. The Balaban J connectivity index is 0.000000968. The van der Waals surface area contributed by atoms with Gasteiger partial charge in [-0.05, 0) is 25.8 Å². The Kier molecular flexibility index (Phi) is 8.33. The summed E-state index contributed by atoms with van der Waals surface area (Å²) in [4.78, 5) is 39.6. The Morgan fingerprint density at radius 2 is 2.12 bits per heavy atom. The Bertz CT molecular complexity index is 1060. The number of aryl methyl sites for hydroxylation is 2. The standard InChI is InChI=1S/C20H26N8O2.CH2O2/c1-2-26-12-8-21-17(26)13-22-20(30)19-15-6-11-27(14-16(15)24-25-19)18(29)5-3-9-28-10-4-7-23-28;2-1-3/h4,7-8,10,12H,2-3,5-6,9,11,13-14H2,1H3,(H,22,30)(H,24,25);1H,(H,2,3). The summed E-state index contributed by atoms with van der Waals surface area (Å²) >= 11 is 0. The number of hydrogen-bond donors (Lipinski definition) is 3. The topological polar surface area (TPSA) is 151 Å². The molecule has 1 aliphatic rings. The van der Waals surface area contributed by atoms with Crippen LogP contribution in [0.5, 0.6) is 0 Å². The summed E-state index contributed by atoms with van der Waals surface area (Å²) in [5.74, 6) is 0.694. The lowest BCUT2D eigenvalue weighted by molar-refractivity contribution is -0.132. The van der Waals surface area contributed by atoms with Crippen molar-refractivity contribution < 1.29 is 19.5 Å². The number of carboxylic acid groups (broad SMARTS) is 1. The Morgan fingerprint density at radius 3 is 2.85 bits per heavy atom. The van der Waals surface area contributed by atoms with Gasteiger partial charge in [-0.1, -0.05) is 0 Å². The smallest absolute Gasteiger partial charge is 0.290 e. The van der Waals surface area contributed by atoms with Crippen molar-refractivity contribution in [2.45, 2.75) is 52.4 Å². The van der Waals surface area contributed by atoms with Crippen LogP contribution in [0.25, 0.3) is 0 Å². The van der Waals surface area contributed by atoms with Crippen molar-refractivity contribution in [2.75, 3.05) is 6.54 Å². The summed E-state index contributed by atoms with van der Waals surface area (Å²) in [6.45, 7) is 4.70. The molecule has 3 N–H and O–H groups in total. The van der Waals surface area contributed by atoms with E-state index in [1.54, 1.807) is 12.4 Å². The Morgan fingerprint density at radius 1 is 1.30 bits per heavy atom. The van der Waals surface area contributed by atoms with Gasteiger partial charge in [0.15, 0.2) is 5.69 Å². The molecule has 4 rings (SSSR count). The molecule has 0 bridgehead atoms. The van der Waals surface area contributed by atoms with Crippen molar-refractivity contribution in [1.82, 2.24) is 39.7 Å². The van der Waals surface area contributed by atoms with Crippen molar-refractivity contribution in [3.05, 3.63) is 53.6 Å². The van der Waals surface area contributed by atoms with Crippen LogP contribution in [0, 0.1) is 0 Å². The lowest BCUT2D eigenvalue weighted by Crippen LogP contribution is -2.36. The van der Waals surface area contributed by atoms with Gasteiger partial charge in [-0.25, -0.2) is 4.98 Å². The fourth-order valence-electron chi connectivity index (χ4n) is 3.74. The number of H-pyrrole nitrogens is 1. The first-order valence-electron chi connectivity index (χ1n) is 10.7. The molecule has 1 aliphatic heterocycles. The monoisotopic (exact) mass is 456 g/mol. The summed E-state index contributed by atoms with van der Waals surface area (Å²) in [6.07, 6.45) is 9.07. The van der Waals surface area contributed by atoms with E-state index in [9.17, 15) is 9.59 Å². The van der Waals surface area contributed by atoms with E-state index in [2.05, 4.69) is 25.6 Å². The van der Waals surface area contributed by atoms with Crippen LogP contribution >= 0.6 is 0 Å². The first-order chi connectivity index (χ1) is 16.1. The van der Waals surface area contributed by atoms with Gasteiger partial charge in [0.05, 0.1) is 18.8 Å². The number of fused-ring (bicyclic) bond motifs is 1. The summed E-state index contributed by atoms with van der Waals surface area (Å²) in [5.41, 5.74) is 2.14. The van der Waals surface area contributed by atoms with Crippen LogP contribution in [0.1, 0.15) is 47.3 Å². The normalized spacial score (nSPS) is 12.5. The van der Waals surface area contributed by atoms with Gasteiger partial charge in [-0.2, -0.15) is 10.2 Å². The van der Waals surface area contributed by atoms with Crippen molar-refractivity contribution in [3.8, 4) is 0 Å². The van der Waals surface area contributed by atoms with Gasteiger partial charge in [-0.15, -0.1) is 0 Å². The second kappa shape index (κ2) is 11.6. The highest BCUT2D eigenvalue weighted by molar-refractivity contribution is 5.94. The van der Waals surface area contributed by atoms with Gasteiger partial charge in [0, 0.05) is 56.4 Å². The third-order valence-electron chi connectivity index (χ3n) is 5.39. The lowest BCUT2D eigenvalue weighted by Gasteiger charge is -2.27. The summed E-state index contributed by atoms with van der Waals surface area (Å²) in [5, 5.41) is 21.1. The number of nitrogens with one attached hydrogen (secondary N) is 2. The number of carbonyl (C=O) groups is 3. The second-order valence-electron chi connectivity index (χ2n) is 7.38. The fourth-order valence-corrected chi connectivity index (χ4v) is 3.74. The summed E-state index contributed by atoms with van der Waals surface area (Å²) in [6, 6.07) is 1.87. The molecular formula is C21H28N8O4. The van der Waals surface area contributed by atoms with E-state index >= 15 is 0 Å². The number of carbonyl (C=O) groups excluding carboxylic acids is 2. The minimum absolute atomic E-state index is 0.111. The molecule has 0 radical (unpaired) electrons. The zero-order chi connectivity index (χ0) is 23.6. The number of rotatable bonds is 8. The maximum Gasteiger partial charge on any atom is 0.290 e. The number of aromatic amines is 1. The predicted octanol–water partition coefficient (Wildman–Crippen LogP) is 0.819. The molecule has 0 atom stereocenters. The average molecular weight is 457 g/mol. The van der Waals surface area contributed by atoms with E-state index < -0.39 is 0 Å². The van der Waals surface area contributed by atoms with E-state index in [0.29, 0.717) is 38.2 Å². The lowest BCUT2D eigenvalue weighted by atomic mass is 10.0. The SMILES string of the molecule is CCn1ccnc1CNC(=O)c1n[nH]c2c1CCN(C(=O)CCCn1cccn1)C2.O=CO. The molecular weight excluding hydrogens is 428 g/mol. The maximum absolute atomic E-state index is 12.6. The highest BCUT2D eigenvalue weighted by Gasteiger charge is 2.27. The van der Waals surface area contributed by atoms with Crippen LogP contribution in [0.4, 0.5) is 0 Å². The Hall–Kier alpha value is -3.96. The molecule has 0 fully saturated rings. The zero-order valence-corrected chi connectivity index (χ0v) is 18.5. The van der Waals surface area contributed by atoms with Gasteiger partial charge in [0.1, 0.15) is 5.82 Å². The number of imidazole rings is 1. The van der Waals surface area contributed by atoms with Gasteiger partial charge in [0.2, 0.25) is 5.91 Å². The van der Waals surface area contributed by atoms with E-state index in [4.69, 9.17) is 9.90 Å². The molecule has 2 amide bonds. The quantitative estimate of drug-likeness (QED) is 0.425. The molecule has 0 aliphatic carbocycles. The summed E-state index contributed by atoms with van der Waals surface area (Å²) in [7, 11) is 0. The highest BCUT2D eigenvalue weighted by atomic mass is 16.3. The van der Waals surface area contributed by atoms with Crippen molar-refractivity contribution >= 4 is 18.3 Å². The number of aromatic nitrogens is 6. The first kappa shape index (κ1) is 23.7. The van der Waals surface area contributed by atoms with Crippen LogP contribution in [-0.4, -0.2) is 64.4 Å². The van der Waals surface area contributed by atoms with Crippen LogP contribution < -0.4 is 5.32 Å². The predicted molar refractivity (Wildman–Crippen MR) is 117 cm³/mol. The number of nitrogens with zero attached hydrogens (tertiary/aromatic N) is 6. The van der Waals surface area contributed by atoms with Crippen molar-refractivity contribution in [2.24, 2.45) is 0 Å². The van der Waals surface area contributed by atoms with E-state index in [-0.39, 0.29) is 18.3 Å². The second-order valence-corrected chi connectivity index (χ2v) is 7.38. The molecule has 4 heterocycles. The molecule has 33 heavy (non-hydrogen) atoms. The van der Waals surface area contributed by atoms with Gasteiger partial charge >= 0.3 is 0 Å². The first-order valence-corrected chi connectivity index (χ1v) is 10.7. The van der Waals surface area contributed by atoms with Crippen LogP contribution in [0.2, 0.25) is 0 Å². The largest absolute Gasteiger partial charge is 0.483 e.